The molecule has 0 aliphatic carbocycles. The predicted octanol–water partition coefficient (Wildman–Crippen LogP) is 6.47. The summed E-state index contributed by atoms with van der Waals surface area (Å²) in [4.78, 5) is 13.4. The van der Waals surface area contributed by atoms with Gasteiger partial charge in [0.1, 0.15) is 12.1 Å². The molecule has 0 atom stereocenters. The van der Waals surface area contributed by atoms with Gasteiger partial charge in [0.25, 0.3) is 0 Å². The van der Waals surface area contributed by atoms with Crippen LogP contribution in [-0.2, 0) is 5.60 Å². The maximum atomic E-state index is 13.4. The standard InChI is InChI=1S/C34H34NO2/c36-32(29-18-16-28(17-19-29)27-10-4-1-5-11-27)26-35-23-20-33(21-24-35,22-25-35)34(37,30-12-6-2-7-13-30)31-14-8-3-9-15-31/h1-19,37H,20-26H2/q+1. The van der Waals surface area contributed by atoms with Crippen molar-refractivity contribution < 1.29 is 14.4 Å². The van der Waals surface area contributed by atoms with Crippen LogP contribution in [0.5, 0.6) is 0 Å². The second-order valence-electron chi connectivity index (χ2n) is 11.0. The second-order valence-corrected chi connectivity index (χ2v) is 11.0. The van der Waals surface area contributed by atoms with Gasteiger partial charge in [-0.3, -0.25) is 4.79 Å². The Labute approximate surface area is 219 Å². The van der Waals surface area contributed by atoms with E-state index in [9.17, 15) is 9.90 Å². The number of benzene rings is 4. The van der Waals surface area contributed by atoms with Gasteiger partial charge < -0.3 is 9.59 Å². The van der Waals surface area contributed by atoms with E-state index in [-0.39, 0.29) is 11.2 Å². The summed E-state index contributed by atoms with van der Waals surface area (Å²) in [7, 11) is 0. The minimum Gasteiger partial charge on any atom is -0.380 e. The smallest absolute Gasteiger partial charge is 0.216 e. The fourth-order valence-electron chi connectivity index (χ4n) is 6.86. The van der Waals surface area contributed by atoms with Crippen molar-refractivity contribution in [3.63, 3.8) is 0 Å². The van der Waals surface area contributed by atoms with E-state index in [0.717, 1.165) is 71.2 Å². The number of ketones is 1. The van der Waals surface area contributed by atoms with Crippen LogP contribution in [0.1, 0.15) is 40.7 Å². The molecular formula is C34H34NO2+. The Morgan fingerprint density at radius 1 is 0.649 bits per heavy atom. The predicted molar refractivity (Wildman–Crippen MR) is 148 cm³/mol. The molecule has 7 rings (SSSR count). The van der Waals surface area contributed by atoms with Gasteiger partial charge in [0.15, 0.2) is 0 Å². The van der Waals surface area contributed by atoms with Crippen molar-refractivity contribution >= 4 is 5.78 Å². The highest BCUT2D eigenvalue weighted by molar-refractivity contribution is 5.97. The number of fused-ring (bicyclic) bond motifs is 3. The number of piperidine rings is 3. The summed E-state index contributed by atoms with van der Waals surface area (Å²) in [6.07, 6.45) is 2.73. The van der Waals surface area contributed by atoms with Gasteiger partial charge in [-0.05, 0) is 22.3 Å². The van der Waals surface area contributed by atoms with E-state index < -0.39 is 5.60 Å². The lowest BCUT2D eigenvalue weighted by molar-refractivity contribution is -0.938. The maximum Gasteiger partial charge on any atom is 0.216 e. The normalized spacial score (nSPS) is 23.1. The lowest BCUT2D eigenvalue weighted by atomic mass is 9.56. The number of carbonyl (C=O) groups excluding carboxylic acids is 1. The number of quaternary nitrogens is 1. The van der Waals surface area contributed by atoms with Gasteiger partial charge in [0.2, 0.25) is 5.78 Å². The third-order valence-electron chi connectivity index (χ3n) is 9.14. The molecule has 3 heteroatoms. The fourth-order valence-corrected chi connectivity index (χ4v) is 6.86. The summed E-state index contributed by atoms with van der Waals surface area (Å²) in [6.45, 7) is 3.32. The summed E-state index contributed by atoms with van der Waals surface area (Å²) in [5.74, 6) is 0.218. The Bertz CT molecular complexity index is 1300. The molecule has 2 bridgehead atoms. The summed E-state index contributed by atoms with van der Waals surface area (Å²) >= 11 is 0. The van der Waals surface area contributed by atoms with Crippen LogP contribution in [0.15, 0.2) is 115 Å². The van der Waals surface area contributed by atoms with E-state index in [1.807, 2.05) is 66.7 Å². The molecule has 37 heavy (non-hydrogen) atoms. The average Bonchev–Trinajstić information content (AvgIpc) is 2.99. The van der Waals surface area contributed by atoms with E-state index >= 15 is 0 Å². The van der Waals surface area contributed by atoms with Gasteiger partial charge >= 0.3 is 0 Å². The van der Waals surface area contributed by atoms with Crippen molar-refractivity contribution in [3.05, 3.63) is 132 Å². The molecule has 4 aromatic rings. The molecule has 186 valence electrons. The number of Topliss-reactive ketones (excluding diaryl/α,β-unsaturated/α-hetero) is 1. The molecular weight excluding hydrogens is 454 g/mol. The Balaban J connectivity index is 1.22. The van der Waals surface area contributed by atoms with E-state index in [1.165, 1.54) is 0 Å². The Morgan fingerprint density at radius 2 is 1.08 bits per heavy atom. The molecule has 0 spiro atoms. The molecule has 0 amide bonds. The molecule has 3 nitrogen and oxygen atoms in total. The highest BCUT2D eigenvalue weighted by Crippen LogP contribution is 2.57. The number of rotatable bonds is 7. The number of aliphatic hydroxyl groups is 1. The summed E-state index contributed by atoms with van der Waals surface area (Å²) in [5, 5.41) is 12.5. The second kappa shape index (κ2) is 9.41. The highest BCUT2D eigenvalue weighted by atomic mass is 16.3. The molecule has 3 heterocycles. The minimum atomic E-state index is -1.04. The molecule has 0 radical (unpaired) electrons. The van der Waals surface area contributed by atoms with Gasteiger partial charge in [-0.2, -0.15) is 0 Å². The number of carbonyl (C=O) groups is 1. The van der Waals surface area contributed by atoms with Crippen molar-refractivity contribution in [2.24, 2.45) is 5.41 Å². The molecule has 3 aliphatic rings. The van der Waals surface area contributed by atoms with Gasteiger partial charge in [-0.15, -0.1) is 0 Å². The van der Waals surface area contributed by atoms with Crippen LogP contribution in [0.25, 0.3) is 11.1 Å². The summed E-state index contributed by atoms with van der Waals surface area (Å²) < 4.78 is 0.834. The number of nitrogens with zero attached hydrogens (tertiary/aromatic N) is 1. The Morgan fingerprint density at radius 3 is 1.57 bits per heavy atom. The summed E-state index contributed by atoms with van der Waals surface area (Å²) in [5.41, 5.74) is 3.76. The van der Waals surface area contributed by atoms with Crippen molar-refractivity contribution in [2.45, 2.75) is 24.9 Å². The number of hydrogen-bond acceptors (Lipinski definition) is 2. The lowest BCUT2D eigenvalue weighted by Crippen LogP contribution is -2.67. The first-order valence-electron chi connectivity index (χ1n) is 13.4. The molecule has 0 aromatic heterocycles. The van der Waals surface area contributed by atoms with Gasteiger partial charge in [0.05, 0.1) is 19.6 Å². The van der Waals surface area contributed by atoms with Crippen LogP contribution in [0.3, 0.4) is 0 Å². The monoisotopic (exact) mass is 488 g/mol. The molecule has 3 fully saturated rings. The SMILES string of the molecule is O=C(C[N+]12CCC(C(O)(c3ccccc3)c3ccccc3)(CC1)CC2)c1ccc(-c2ccccc2)cc1. The molecule has 0 unspecified atom stereocenters. The quantitative estimate of drug-likeness (QED) is 0.239. The van der Waals surface area contributed by atoms with Crippen molar-refractivity contribution in [1.29, 1.82) is 0 Å². The average molecular weight is 489 g/mol. The first kappa shape index (κ1) is 23.8. The third-order valence-corrected chi connectivity index (χ3v) is 9.14. The van der Waals surface area contributed by atoms with Gasteiger partial charge in [-0.25, -0.2) is 0 Å². The maximum absolute atomic E-state index is 13.4. The zero-order chi connectivity index (χ0) is 25.3. The topological polar surface area (TPSA) is 37.3 Å². The zero-order valence-corrected chi connectivity index (χ0v) is 21.2. The first-order chi connectivity index (χ1) is 18.0. The van der Waals surface area contributed by atoms with Crippen LogP contribution in [0.2, 0.25) is 0 Å². The largest absolute Gasteiger partial charge is 0.380 e. The van der Waals surface area contributed by atoms with E-state index in [0.29, 0.717) is 6.54 Å². The first-order valence-corrected chi connectivity index (χ1v) is 13.4. The highest BCUT2D eigenvalue weighted by Gasteiger charge is 2.60. The Kier molecular flexibility index (Phi) is 6.06. The van der Waals surface area contributed by atoms with Crippen LogP contribution < -0.4 is 0 Å². The Hall–Kier alpha value is -3.53. The van der Waals surface area contributed by atoms with Gasteiger partial charge in [-0.1, -0.05) is 115 Å². The van der Waals surface area contributed by atoms with E-state index in [2.05, 4.69) is 48.5 Å². The van der Waals surface area contributed by atoms with Crippen molar-refractivity contribution in [2.75, 3.05) is 26.2 Å². The van der Waals surface area contributed by atoms with Crippen LogP contribution in [0.4, 0.5) is 0 Å². The fraction of sp³-hybridized carbons (Fsp3) is 0.265. The summed E-state index contributed by atoms with van der Waals surface area (Å²) in [6, 6.07) is 38.7. The van der Waals surface area contributed by atoms with Crippen LogP contribution in [0, 0.1) is 5.41 Å². The van der Waals surface area contributed by atoms with Gasteiger partial charge in [0, 0.05) is 30.2 Å². The van der Waals surface area contributed by atoms with Crippen LogP contribution >= 0.6 is 0 Å². The van der Waals surface area contributed by atoms with Crippen molar-refractivity contribution in [1.82, 2.24) is 0 Å². The van der Waals surface area contributed by atoms with E-state index in [4.69, 9.17) is 0 Å². The molecule has 4 aromatic carbocycles. The molecule has 0 saturated carbocycles. The molecule has 3 saturated heterocycles. The third kappa shape index (κ3) is 4.13. The number of hydrogen-bond donors (Lipinski definition) is 1. The minimum absolute atomic E-state index is 0.218. The zero-order valence-electron chi connectivity index (χ0n) is 21.2. The van der Waals surface area contributed by atoms with Crippen molar-refractivity contribution in [3.8, 4) is 11.1 Å². The van der Waals surface area contributed by atoms with Crippen LogP contribution in [-0.4, -0.2) is 41.6 Å². The molecule has 1 N–H and O–H groups in total. The lowest BCUT2D eigenvalue weighted by Gasteiger charge is -2.59. The molecule has 3 aliphatic heterocycles. The van der Waals surface area contributed by atoms with E-state index in [1.54, 1.807) is 0 Å².